The Kier molecular flexibility index (Phi) is 8.13. The lowest BCUT2D eigenvalue weighted by Crippen LogP contribution is -2.56. The number of amides is 3. The van der Waals surface area contributed by atoms with E-state index in [1.54, 1.807) is 36.4 Å². The second-order valence-electron chi connectivity index (χ2n) is 9.40. The zero-order chi connectivity index (χ0) is 24.8. The number of anilines is 1. The number of urea groups is 1. The van der Waals surface area contributed by atoms with Crippen LogP contribution in [0.1, 0.15) is 48.5 Å². The minimum Gasteiger partial charge on any atom is -0.366 e. The minimum atomic E-state index is -0.734. The van der Waals surface area contributed by atoms with Gasteiger partial charge in [0.05, 0.1) is 6.04 Å². The van der Waals surface area contributed by atoms with Crippen molar-refractivity contribution in [3.8, 4) is 0 Å². The standard InChI is InChI=1S/C27H32FN3O4/c1-18(32)21-6-2-7-23(16-21)29-27(34)30-24-8-4-14-35-25(24)26(33)31-13-3-5-20(17-31)15-19-9-11-22(28)12-10-19/h2,6-7,9-12,16,20,24-25H,3-5,8,13-15,17H2,1H3,(H2,29,30,34)/t20?,24-,25-/m1/s1. The normalized spacial score (nSPS) is 22.3. The molecule has 2 aromatic rings. The van der Waals surface area contributed by atoms with Crippen LogP contribution in [-0.2, 0) is 16.0 Å². The summed E-state index contributed by atoms with van der Waals surface area (Å²) >= 11 is 0. The van der Waals surface area contributed by atoms with Gasteiger partial charge in [-0.25, -0.2) is 9.18 Å². The van der Waals surface area contributed by atoms with Crippen LogP contribution in [0.15, 0.2) is 48.5 Å². The number of piperidine rings is 1. The van der Waals surface area contributed by atoms with Crippen molar-refractivity contribution < 1.29 is 23.5 Å². The van der Waals surface area contributed by atoms with Crippen LogP contribution < -0.4 is 10.6 Å². The molecule has 2 aliphatic heterocycles. The Labute approximate surface area is 205 Å². The molecule has 2 saturated heterocycles. The number of ether oxygens (including phenoxy) is 1. The van der Waals surface area contributed by atoms with E-state index in [0.717, 1.165) is 31.2 Å². The summed E-state index contributed by atoms with van der Waals surface area (Å²) in [6, 6.07) is 12.4. The molecule has 2 heterocycles. The highest BCUT2D eigenvalue weighted by molar-refractivity contribution is 5.97. The van der Waals surface area contributed by atoms with E-state index in [0.29, 0.717) is 43.3 Å². The zero-order valence-corrected chi connectivity index (χ0v) is 20.0. The van der Waals surface area contributed by atoms with E-state index in [2.05, 4.69) is 10.6 Å². The number of likely N-dealkylation sites (tertiary alicyclic amines) is 1. The molecule has 0 aliphatic carbocycles. The molecular weight excluding hydrogens is 449 g/mol. The van der Waals surface area contributed by atoms with E-state index in [1.807, 2.05) is 4.90 Å². The van der Waals surface area contributed by atoms with Gasteiger partial charge in [0, 0.05) is 30.9 Å². The molecule has 7 nitrogen and oxygen atoms in total. The van der Waals surface area contributed by atoms with E-state index >= 15 is 0 Å². The van der Waals surface area contributed by atoms with Gasteiger partial charge < -0.3 is 20.3 Å². The fourth-order valence-corrected chi connectivity index (χ4v) is 4.89. The number of carbonyl (C=O) groups excluding carboxylic acids is 3. The van der Waals surface area contributed by atoms with Crippen molar-refractivity contribution in [2.75, 3.05) is 25.0 Å². The molecule has 1 unspecified atom stereocenters. The van der Waals surface area contributed by atoms with E-state index < -0.39 is 18.2 Å². The molecule has 0 saturated carbocycles. The summed E-state index contributed by atoms with van der Waals surface area (Å²) < 4.78 is 19.1. The number of carbonyl (C=O) groups is 3. The van der Waals surface area contributed by atoms with Gasteiger partial charge in [0.1, 0.15) is 5.82 Å². The molecule has 8 heteroatoms. The number of hydrogen-bond acceptors (Lipinski definition) is 4. The first-order chi connectivity index (χ1) is 16.9. The minimum absolute atomic E-state index is 0.0836. The first-order valence-electron chi connectivity index (χ1n) is 12.2. The average molecular weight is 482 g/mol. The van der Waals surface area contributed by atoms with Gasteiger partial charge in [-0.15, -0.1) is 0 Å². The molecule has 2 aliphatic rings. The number of nitrogens with zero attached hydrogens (tertiary/aromatic N) is 1. The van der Waals surface area contributed by atoms with Gasteiger partial charge in [-0.1, -0.05) is 24.3 Å². The number of rotatable bonds is 6. The number of benzene rings is 2. The molecule has 3 atom stereocenters. The maximum atomic E-state index is 13.4. The molecule has 0 aromatic heterocycles. The summed E-state index contributed by atoms with van der Waals surface area (Å²) in [5.41, 5.74) is 2.08. The Balaban J connectivity index is 1.36. The van der Waals surface area contributed by atoms with Crippen molar-refractivity contribution in [3.05, 3.63) is 65.5 Å². The Morgan fingerprint density at radius 3 is 2.66 bits per heavy atom. The van der Waals surface area contributed by atoms with E-state index in [9.17, 15) is 18.8 Å². The van der Waals surface area contributed by atoms with E-state index in [1.165, 1.54) is 19.1 Å². The number of hydrogen-bond donors (Lipinski definition) is 2. The maximum absolute atomic E-state index is 13.4. The Morgan fingerprint density at radius 1 is 1.09 bits per heavy atom. The second-order valence-corrected chi connectivity index (χ2v) is 9.40. The average Bonchev–Trinajstić information content (AvgIpc) is 2.85. The SMILES string of the molecule is CC(=O)c1cccc(NC(=O)N[C@@H]2CCCO[C@H]2C(=O)N2CCCC(Cc3ccc(F)cc3)C2)c1. The lowest BCUT2D eigenvalue weighted by molar-refractivity contribution is -0.150. The van der Waals surface area contributed by atoms with Gasteiger partial charge in [-0.2, -0.15) is 0 Å². The fraction of sp³-hybridized carbons (Fsp3) is 0.444. The topological polar surface area (TPSA) is 87.7 Å². The van der Waals surface area contributed by atoms with Crippen molar-refractivity contribution >= 4 is 23.4 Å². The highest BCUT2D eigenvalue weighted by Gasteiger charge is 2.37. The van der Waals surface area contributed by atoms with Crippen LogP contribution in [0.5, 0.6) is 0 Å². The number of Topliss-reactive ketones (excluding diaryl/α,β-unsaturated/α-hetero) is 1. The Morgan fingerprint density at radius 2 is 1.89 bits per heavy atom. The summed E-state index contributed by atoms with van der Waals surface area (Å²) in [6.07, 6.45) is 3.36. The van der Waals surface area contributed by atoms with Gasteiger partial charge in [0.2, 0.25) is 0 Å². The smallest absolute Gasteiger partial charge is 0.319 e. The summed E-state index contributed by atoms with van der Waals surface area (Å²) in [5, 5.41) is 5.65. The Bertz CT molecular complexity index is 1060. The van der Waals surface area contributed by atoms with Crippen LogP contribution in [0.4, 0.5) is 14.9 Å². The van der Waals surface area contributed by atoms with Crippen molar-refractivity contribution in [3.63, 3.8) is 0 Å². The molecule has 4 rings (SSSR count). The predicted octanol–water partition coefficient (Wildman–Crippen LogP) is 4.18. The number of halogens is 1. The molecule has 0 spiro atoms. The summed E-state index contributed by atoms with van der Waals surface area (Å²) in [5.74, 6) is -0.139. The molecule has 2 fully saturated rings. The molecule has 2 aromatic carbocycles. The summed E-state index contributed by atoms with van der Waals surface area (Å²) in [7, 11) is 0. The van der Waals surface area contributed by atoms with Crippen molar-refractivity contribution in [1.82, 2.24) is 10.2 Å². The van der Waals surface area contributed by atoms with E-state index in [-0.39, 0.29) is 17.5 Å². The monoisotopic (exact) mass is 481 g/mol. The quantitative estimate of drug-likeness (QED) is 0.606. The van der Waals surface area contributed by atoms with Gasteiger partial charge in [0.25, 0.3) is 5.91 Å². The highest BCUT2D eigenvalue weighted by Crippen LogP contribution is 2.24. The third kappa shape index (κ3) is 6.66. The molecule has 186 valence electrons. The van der Waals surface area contributed by atoms with Crippen LogP contribution in [-0.4, -0.2) is 54.5 Å². The van der Waals surface area contributed by atoms with Gasteiger partial charge in [0.15, 0.2) is 11.9 Å². The zero-order valence-electron chi connectivity index (χ0n) is 20.0. The molecular formula is C27H32FN3O4. The largest absolute Gasteiger partial charge is 0.366 e. The van der Waals surface area contributed by atoms with Crippen LogP contribution in [0, 0.1) is 11.7 Å². The third-order valence-electron chi connectivity index (χ3n) is 6.68. The lowest BCUT2D eigenvalue weighted by atomic mass is 9.90. The molecule has 2 N–H and O–H groups in total. The fourth-order valence-electron chi connectivity index (χ4n) is 4.89. The highest BCUT2D eigenvalue weighted by atomic mass is 19.1. The van der Waals surface area contributed by atoms with Gasteiger partial charge in [-0.3, -0.25) is 9.59 Å². The number of nitrogens with one attached hydrogen (secondary N) is 2. The van der Waals surface area contributed by atoms with Crippen LogP contribution in [0.25, 0.3) is 0 Å². The summed E-state index contributed by atoms with van der Waals surface area (Å²) in [4.78, 5) is 39.5. The Hall–Kier alpha value is -3.26. The first kappa shape index (κ1) is 24.9. The van der Waals surface area contributed by atoms with Crippen LogP contribution in [0.3, 0.4) is 0 Å². The maximum Gasteiger partial charge on any atom is 0.319 e. The van der Waals surface area contributed by atoms with E-state index in [4.69, 9.17) is 4.74 Å². The van der Waals surface area contributed by atoms with Crippen LogP contribution >= 0.6 is 0 Å². The third-order valence-corrected chi connectivity index (χ3v) is 6.68. The molecule has 0 bridgehead atoms. The van der Waals surface area contributed by atoms with Crippen molar-refractivity contribution in [2.45, 2.75) is 51.2 Å². The molecule has 35 heavy (non-hydrogen) atoms. The number of ketones is 1. The lowest BCUT2D eigenvalue weighted by Gasteiger charge is -2.38. The predicted molar refractivity (Wildman–Crippen MR) is 131 cm³/mol. The summed E-state index contributed by atoms with van der Waals surface area (Å²) in [6.45, 7) is 3.23. The van der Waals surface area contributed by atoms with Crippen molar-refractivity contribution in [1.29, 1.82) is 0 Å². The van der Waals surface area contributed by atoms with Crippen molar-refractivity contribution in [2.24, 2.45) is 5.92 Å². The second kappa shape index (κ2) is 11.4. The molecule has 3 amide bonds. The van der Waals surface area contributed by atoms with Crippen LogP contribution in [0.2, 0.25) is 0 Å². The molecule has 0 radical (unpaired) electrons. The first-order valence-corrected chi connectivity index (χ1v) is 12.2. The van der Waals surface area contributed by atoms with Gasteiger partial charge in [-0.05, 0) is 74.8 Å². The van der Waals surface area contributed by atoms with Gasteiger partial charge >= 0.3 is 6.03 Å².